The predicted octanol–water partition coefficient (Wildman–Crippen LogP) is 4.01. The molecule has 0 radical (unpaired) electrons. The number of ether oxygens (including phenoxy) is 1. The van der Waals surface area contributed by atoms with Gasteiger partial charge in [0.25, 0.3) is 11.8 Å². The Bertz CT molecular complexity index is 918. The Hall–Kier alpha value is -2.74. The number of carbonyl (C=O) groups is 3. The molecule has 30 heavy (non-hydrogen) atoms. The van der Waals surface area contributed by atoms with Gasteiger partial charge in [-0.2, -0.15) is 0 Å². The summed E-state index contributed by atoms with van der Waals surface area (Å²) in [6.07, 6.45) is 0.253. The smallest absolute Gasteiger partial charge is 0.311 e. The fourth-order valence-electron chi connectivity index (χ4n) is 3.23. The summed E-state index contributed by atoms with van der Waals surface area (Å²) in [5.41, 5.74) is 0.965. The van der Waals surface area contributed by atoms with Crippen molar-refractivity contribution in [2.24, 2.45) is 5.92 Å². The standard InChI is InChI=1S/C22H22BrFN2O4/c1-14(20(27)25-19-10-6-17(23)7-11-19)30-22(29)16-3-2-12-26(13-16)21(28)15-4-8-18(24)9-5-15/h4-11,14,16H,2-3,12-13H2,1H3,(H,25,27). The van der Waals surface area contributed by atoms with Crippen LogP contribution in [0.2, 0.25) is 0 Å². The first-order valence-electron chi connectivity index (χ1n) is 9.65. The number of nitrogens with zero attached hydrogens (tertiary/aromatic N) is 1. The lowest BCUT2D eigenvalue weighted by Crippen LogP contribution is -2.44. The molecular formula is C22H22BrFN2O4. The first-order chi connectivity index (χ1) is 14.3. The lowest BCUT2D eigenvalue weighted by atomic mass is 9.97. The molecule has 0 aliphatic carbocycles. The molecule has 2 aromatic rings. The summed E-state index contributed by atoms with van der Waals surface area (Å²) in [6, 6.07) is 12.4. The summed E-state index contributed by atoms with van der Waals surface area (Å²) < 4.78 is 19.3. The second kappa shape index (κ2) is 9.84. The van der Waals surface area contributed by atoms with E-state index >= 15 is 0 Å². The number of halogens is 2. The Kier molecular flexibility index (Phi) is 7.20. The molecule has 2 aromatic carbocycles. The number of hydrogen-bond acceptors (Lipinski definition) is 4. The van der Waals surface area contributed by atoms with Gasteiger partial charge >= 0.3 is 5.97 Å². The van der Waals surface area contributed by atoms with Crippen LogP contribution in [0.25, 0.3) is 0 Å². The van der Waals surface area contributed by atoms with Crippen LogP contribution in [0.15, 0.2) is 53.0 Å². The molecule has 1 heterocycles. The van der Waals surface area contributed by atoms with Gasteiger partial charge in [0.15, 0.2) is 6.10 Å². The third-order valence-electron chi connectivity index (χ3n) is 4.91. The zero-order valence-electron chi connectivity index (χ0n) is 16.4. The summed E-state index contributed by atoms with van der Waals surface area (Å²) in [7, 11) is 0. The highest BCUT2D eigenvalue weighted by molar-refractivity contribution is 9.10. The highest BCUT2D eigenvalue weighted by atomic mass is 79.9. The summed E-state index contributed by atoms with van der Waals surface area (Å²) in [4.78, 5) is 39.1. The van der Waals surface area contributed by atoms with E-state index in [1.165, 1.54) is 31.2 Å². The van der Waals surface area contributed by atoms with Gasteiger partial charge in [0.05, 0.1) is 5.92 Å². The summed E-state index contributed by atoms with van der Waals surface area (Å²) in [5, 5.41) is 2.70. The van der Waals surface area contributed by atoms with E-state index in [0.717, 1.165) is 4.47 Å². The average Bonchev–Trinajstić information content (AvgIpc) is 2.75. The van der Waals surface area contributed by atoms with Crippen molar-refractivity contribution in [1.82, 2.24) is 4.90 Å². The molecule has 8 heteroatoms. The van der Waals surface area contributed by atoms with Crippen LogP contribution in [0.1, 0.15) is 30.1 Å². The fraction of sp³-hybridized carbons (Fsp3) is 0.318. The Labute approximate surface area is 182 Å². The number of likely N-dealkylation sites (tertiary alicyclic amines) is 1. The minimum atomic E-state index is -0.968. The van der Waals surface area contributed by atoms with E-state index in [0.29, 0.717) is 30.6 Å². The lowest BCUT2D eigenvalue weighted by molar-refractivity contribution is -0.158. The molecule has 6 nitrogen and oxygen atoms in total. The van der Waals surface area contributed by atoms with Crippen LogP contribution in [0.5, 0.6) is 0 Å². The molecular weight excluding hydrogens is 455 g/mol. The van der Waals surface area contributed by atoms with Gasteiger partial charge in [-0.15, -0.1) is 0 Å². The SMILES string of the molecule is CC(OC(=O)C1CCCN(C(=O)c2ccc(F)cc2)C1)C(=O)Nc1ccc(Br)cc1. The number of amides is 2. The number of piperidine rings is 1. The fourth-order valence-corrected chi connectivity index (χ4v) is 3.49. The molecule has 0 bridgehead atoms. The quantitative estimate of drug-likeness (QED) is 0.661. The molecule has 1 fully saturated rings. The van der Waals surface area contributed by atoms with Crippen molar-refractivity contribution in [3.8, 4) is 0 Å². The third kappa shape index (κ3) is 5.66. The van der Waals surface area contributed by atoms with Gasteiger partial charge in [0.1, 0.15) is 5.82 Å². The maximum Gasteiger partial charge on any atom is 0.311 e. The Morgan fingerprint density at radius 3 is 2.47 bits per heavy atom. The summed E-state index contributed by atoms with van der Waals surface area (Å²) in [6.45, 7) is 2.23. The molecule has 2 unspecified atom stereocenters. The highest BCUT2D eigenvalue weighted by Crippen LogP contribution is 2.21. The van der Waals surface area contributed by atoms with Crippen molar-refractivity contribution in [1.29, 1.82) is 0 Å². The van der Waals surface area contributed by atoms with Crippen molar-refractivity contribution in [2.45, 2.75) is 25.9 Å². The van der Waals surface area contributed by atoms with E-state index < -0.39 is 29.7 Å². The second-order valence-corrected chi connectivity index (χ2v) is 8.09. The Morgan fingerprint density at radius 1 is 1.13 bits per heavy atom. The zero-order chi connectivity index (χ0) is 21.7. The largest absolute Gasteiger partial charge is 0.452 e. The molecule has 1 aliphatic rings. The minimum Gasteiger partial charge on any atom is -0.452 e. The zero-order valence-corrected chi connectivity index (χ0v) is 18.0. The van der Waals surface area contributed by atoms with Gasteiger partial charge in [-0.1, -0.05) is 15.9 Å². The molecule has 0 saturated carbocycles. The van der Waals surface area contributed by atoms with Gasteiger partial charge in [-0.3, -0.25) is 14.4 Å². The molecule has 1 aliphatic heterocycles. The lowest BCUT2D eigenvalue weighted by Gasteiger charge is -2.32. The number of carbonyl (C=O) groups excluding carboxylic acids is 3. The van der Waals surface area contributed by atoms with Gasteiger partial charge < -0.3 is 15.0 Å². The van der Waals surface area contributed by atoms with Crippen LogP contribution in [0.3, 0.4) is 0 Å². The van der Waals surface area contributed by atoms with Crippen molar-refractivity contribution < 1.29 is 23.5 Å². The molecule has 2 atom stereocenters. The van der Waals surface area contributed by atoms with Crippen LogP contribution >= 0.6 is 15.9 Å². The topological polar surface area (TPSA) is 75.7 Å². The molecule has 3 rings (SSSR count). The third-order valence-corrected chi connectivity index (χ3v) is 5.44. The minimum absolute atomic E-state index is 0.204. The van der Waals surface area contributed by atoms with E-state index in [2.05, 4.69) is 21.2 Å². The number of hydrogen-bond donors (Lipinski definition) is 1. The first kappa shape index (κ1) is 22.0. The first-order valence-corrected chi connectivity index (χ1v) is 10.4. The predicted molar refractivity (Wildman–Crippen MR) is 113 cm³/mol. The van der Waals surface area contributed by atoms with E-state index in [9.17, 15) is 18.8 Å². The number of rotatable bonds is 5. The van der Waals surface area contributed by atoms with Gasteiger partial charge in [-0.05, 0) is 68.3 Å². The maximum atomic E-state index is 13.1. The van der Waals surface area contributed by atoms with Crippen LogP contribution in [0, 0.1) is 11.7 Å². The summed E-state index contributed by atoms with van der Waals surface area (Å²) >= 11 is 3.32. The summed E-state index contributed by atoms with van der Waals surface area (Å²) in [5.74, 6) is -2.12. The number of anilines is 1. The van der Waals surface area contributed by atoms with Crippen LogP contribution in [-0.2, 0) is 14.3 Å². The molecule has 2 amide bonds. The Morgan fingerprint density at radius 2 is 1.80 bits per heavy atom. The van der Waals surface area contributed by atoms with Crippen LogP contribution < -0.4 is 5.32 Å². The van der Waals surface area contributed by atoms with Crippen molar-refractivity contribution >= 4 is 39.4 Å². The van der Waals surface area contributed by atoms with Gasteiger partial charge in [0.2, 0.25) is 0 Å². The van der Waals surface area contributed by atoms with Gasteiger partial charge in [0, 0.05) is 28.8 Å². The van der Waals surface area contributed by atoms with Gasteiger partial charge in [-0.25, -0.2) is 4.39 Å². The highest BCUT2D eigenvalue weighted by Gasteiger charge is 2.31. The normalized spacial score (nSPS) is 17.2. The van der Waals surface area contributed by atoms with Crippen molar-refractivity contribution in [3.05, 3.63) is 64.4 Å². The second-order valence-electron chi connectivity index (χ2n) is 7.17. The van der Waals surface area contributed by atoms with Crippen molar-refractivity contribution in [3.63, 3.8) is 0 Å². The molecule has 0 spiro atoms. The molecule has 1 saturated heterocycles. The molecule has 1 N–H and O–H groups in total. The van der Waals surface area contributed by atoms with E-state index in [1.807, 2.05) is 0 Å². The van der Waals surface area contributed by atoms with Crippen LogP contribution in [-0.4, -0.2) is 41.9 Å². The maximum absolute atomic E-state index is 13.1. The van der Waals surface area contributed by atoms with Crippen LogP contribution in [0.4, 0.5) is 10.1 Å². The number of esters is 1. The van der Waals surface area contributed by atoms with Crippen molar-refractivity contribution in [2.75, 3.05) is 18.4 Å². The Balaban J connectivity index is 1.55. The average molecular weight is 477 g/mol. The number of benzene rings is 2. The molecule has 158 valence electrons. The van der Waals surface area contributed by atoms with E-state index in [1.54, 1.807) is 29.2 Å². The van der Waals surface area contributed by atoms with E-state index in [-0.39, 0.29) is 12.5 Å². The monoisotopic (exact) mass is 476 g/mol. The molecule has 0 aromatic heterocycles. The van der Waals surface area contributed by atoms with E-state index in [4.69, 9.17) is 4.74 Å². The number of nitrogens with one attached hydrogen (secondary N) is 1.